The zero-order valence-electron chi connectivity index (χ0n) is 11.9. The molecule has 0 saturated carbocycles. The van der Waals surface area contributed by atoms with Gasteiger partial charge < -0.3 is 4.98 Å². The third kappa shape index (κ3) is 2.05. The van der Waals surface area contributed by atoms with Gasteiger partial charge in [0.2, 0.25) is 0 Å². The van der Waals surface area contributed by atoms with Gasteiger partial charge >= 0.3 is 5.69 Å². The Hall–Kier alpha value is -2.61. The largest absolute Gasteiger partial charge is 0.333 e. The van der Waals surface area contributed by atoms with Crippen LogP contribution in [0.5, 0.6) is 0 Å². The van der Waals surface area contributed by atoms with Crippen LogP contribution in [0.15, 0.2) is 21.7 Å². The van der Waals surface area contributed by atoms with Gasteiger partial charge in [0, 0.05) is 11.3 Å². The number of rotatable bonds is 1. The second kappa shape index (κ2) is 4.82. The Morgan fingerprint density at radius 2 is 1.75 bits per heavy atom. The summed E-state index contributed by atoms with van der Waals surface area (Å²) in [5.74, 6) is 0. The highest BCUT2D eigenvalue weighted by atomic mass is 16.2. The zero-order chi connectivity index (χ0) is 15.0. The second-order valence-electron chi connectivity index (χ2n) is 4.89. The van der Waals surface area contributed by atoms with Crippen LogP contribution >= 0.6 is 0 Å². The van der Waals surface area contributed by atoms with E-state index in [4.69, 9.17) is 5.26 Å². The summed E-state index contributed by atoms with van der Waals surface area (Å²) in [6.07, 6.45) is 0. The first-order valence-corrected chi connectivity index (χ1v) is 6.21. The van der Waals surface area contributed by atoms with Gasteiger partial charge in [-0.15, -0.1) is 0 Å². The first-order valence-electron chi connectivity index (χ1n) is 6.21. The predicted molar refractivity (Wildman–Crippen MR) is 76.3 cm³/mol. The van der Waals surface area contributed by atoms with Crippen LogP contribution in [0.1, 0.15) is 27.9 Å². The predicted octanol–water partition coefficient (Wildman–Crippen LogP) is 1.63. The lowest BCUT2D eigenvalue weighted by molar-refractivity contribution is 0.834. The quantitative estimate of drug-likeness (QED) is 0.854. The van der Waals surface area contributed by atoms with E-state index >= 15 is 0 Å². The Kier molecular flexibility index (Phi) is 3.33. The molecule has 2 aromatic rings. The fourth-order valence-corrected chi connectivity index (χ4v) is 2.11. The fraction of sp³-hybridized carbons (Fsp3) is 0.267. The number of H-pyrrole nitrogens is 1. The maximum atomic E-state index is 12.3. The lowest BCUT2D eigenvalue weighted by atomic mass is 10.0. The zero-order valence-corrected chi connectivity index (χ0v) is 11.9. The normalized spacial score (nSPS) is 10.3. The molecular formula is C15H15N3O2. The van der Waals surface area contributed by atoms with Gasteiger partial charge in [-0.3, -0.25) is 4.79 Å². The van der Waals surface area contributed by atoms with E-state index in [1.807, 2.05) is 0 Å². The van der Waals surface area contributed by atoms with Crippen molar-refractivity contribution in [1.29, 1.82) is 5.26 Å². The third-order valence-corrected chi connectivity index (χ3v) is 3.49. The van der Waals surface area contributed by atoms with Crippen LogP contribution in [-0.4, -0.2) is 9.55 Å². The molecule has 102 valence electrons. The van der Waals surface area contributed by atoms with Crippen molar-refractivity contribution < 1.29 is 0 Å². The maximum absolute atomic E-state index is 12.3. The molecule has 0 aliphatic heterocycles. The van der Waals surface area contributed by atoms with E-state index < -0.39 is 5.69 Å². The van der Waals surface area contributed by atoms with Crippen LogP contribution in [-0.2, 0) is 0 Å². The van der Waals surface area contributed by atoms with Crippen molar-refractivity contribution in [2.24, 2.45) is 0 Å². The average molecular weight is 269 g/mol. The average Bonchev–Trinajstić information content (AvgIpc) is 2.39. The summed E-state index contributed by atoms with van der Waals surface area (Å²) in [5, 5.41) is 9.01. The van der Waals surface area contributed by atoms with Crippen molar-refractivity contribution in [3.8, 4) is 11.8 Å². The van der Waals surface area contributed by atoms with E-state index in [1.165, 1.54) is 0 Å². The molecule has 0 fully saturated rings. The van der Waals surface area contributed by atoms with Gasteiger partial charge in [0.15, 0.2) is 0 Å². The molecule has 0 saturated heterocycles. The monoisotopic (exact) mass is 269 g/mol. The van der Waals surface area contributed by atoms with E-state index in [9.17, 15) is 9.59 Å². The molecule has 0 amide bonds. The Balaban J connectivity index is 2.87. The first kappa shape index (κ1) is 13.8. The molecule has 1 aromatic heterocycles. The molecule has 0 aliphatic carbocycles. The van der Waals surface area contributed by atoms with Crippen molar-refractivity contribution in [2.45, 2.75) is 27.7 Å². The minimum absolute atomic E-state index is 0.335. The van der Waals surface area contributed by atoms with Crippen LogP contribution in [0.2, 0.25) is 0 Å². The smallest absolute Gasteiger partial charge is 0.311 e. The van der Waals surface area contributed by atoms with Gasteiger partial charge in [-0.05, 0) is 51.0 Å². The molecule has 0 aliphatic rings. The summed E-state index contributed by atoms with van der Waals surface area (Å²) in [4.78, 5) is 27.0. The molecule has 0 bridgehead atoms. The molecule has 0 radical (unpaired) electrons. The highest BCUT2D eigenvalue weighted by molar-refractivity contribution is 5.50. The highest BCUT2D eigenvalue weighted by Crippen LogP contribution is 2.17. The molecule has 0 unspecified atom stereocenters. The topological polar surface area (TPSA) is 78.7 Å². The molecule has 20 heavy (non-hydrogen) atoms. The number of aryl methyl sites for hydroxylation is 3. The lowest BCUT2D eigenvalue weighted by Gasteiger charge is -2.12. The summed E-state index contributed by atoms with van der Waals surface area (Å²) in [5.41, 5.74) is 2.77. The molecule has 1 aromatic carbocycles. The van der Waals surface area contributed by atoms with Crippen molar-refractivity contribution in [3.63, 3.8) is 0 Å². The molecule has 0 atom stereocenters. The number of hydrogen-bond acceptors (Lipinski definition) is 3. The standard InChI is InChI=1S/C15H15N3O2/c1-8-6-13(9(2)5-12(8)7-16)18-14(19)10(3)11(4)17-15(18)20/h5-6H,1-4H3,(H,17,20). The summed E-state index contributed by atoms with van der Waals surface area (Å²) in [6, 6.07) is 5.47. The van der Waals surface area contributed by atoms with Gasteiger partial charge in [-0.1, -0.05) is 0 Å². The lowest BCUT2D eigenvalue weighted by Crippen LogP contribution is -2.36. The summed E-state index contributed by atoms with van der Waals surface area (Å²) >= 11 is 0. The number of nitriles is 1. The van der Waals surface area contributed by atoms with Gasteiger partial charge in [-0.25, -0.2) is 9.36 Å². The van der Waals surface area contributed by atoms with Crippen molar-refractivity contribution in [2.75, 3.05) is 0 Å². The molecule has 1 N–H and O–H groups in total. The van der Waals surface area contributed by atoms with E-state index in [0.29, 0.717) is 28.1 Å². The minimum atomic E-state index is -0.467. The Morgan fingerprint density at radius 3 is 2.35 bits per heavy atom. The minimum Gasteiger partial charge on any atom is -0.311 e. The van der Waals surface area contributed by atoms with E-state index in [2.05, 4.69) is 11.1 Å². The Morgan fingerprint density at radius 1 is 1.10 bits per heavy atom. The van der Waals surface area contributed by atoms with Crippen molar-refractivity contribution in [3.05, 3.63) is 60.9 Å². The van der Waals surface area contributed by atoms with E-state index in [-0.39, 0.29) is 5.56 Å². The number of nitrogens with one attached hydrogen (secondary N) is 1. The highest BCUT2D eigenvalue weighted by Gasteiger charge is 2.13. The Bertz CT molecular complexity index is 851. The number of nitrogens with zero attached hydrogens (tertiary/aromatic N) is 2. The molecule has 1 heterocycles. The number of aromatic amines is 1. The number of aromatic nitrogens is 2. The summed E-state index contributed by atoms with van der Waals surface area (Å²) in [7, 11) is 0. The van der Waals surface area contributed by atoms with Crippen molar-refractivity contribution >= 4 is 0 Å². The molecule has 5 heteroatoms. The first-order chi connectivity index (χ1) is 9.36. The van der Waals surface area contributed by atoms with Gasteiger partial charge in [0.05, 0.1) is 17.3 Å². The fourth-order valence-electron chi connectivity index (χ4n) is 2.11. The molecule has 5 nitrogen and oxygen atoms in total. The number of benzene rings is 1. The van der Waals surface area contributed by atoms with Gasteiger partial charge in [-0.2, -0.15) is 5.26 Å². The van der Waals surface area contributed by atoms with E-state index in [0.717, 1.165) is 10.1 Å². The van der Waals surface area contributed by atoms with Crippen LogP contribution in [0.3, 0.4) is 0 Å². The van der Waals surface area contributed by atoms with Crippen LogP contribution in [0, 0.1) is 39.0 Å². The second-order valence-corrected chi connectivity index (χ2v) is 4.89. The summed E-state index contributed by atoms with van der Waals surface area (Å²) in [6.45, 7) is 6.92. The van der Waals surface area contributed by atoms with Crippen LogP contribution < -0.4 is 11.2 Å². The SMILES string of the molecule is Cc1cc(-n2c(=O)[nH]c(C)c(C)c2=O)c(C)cc1C#N. The molecule has 0 spiro atoms. The third-order valence-electron chi connectivity index (χ3n) is 3.49. The number of hydrogen-bond donors (Lipinski definition) is 1. The van der Waals surface area contributed by atoms with E-state index in [1.54, 1.807) is 39.8 Å². The van der Waals surface area contributed by atoms with Gasteiger partial charge in [0.25, 0.3) is 5.56 Å². The van der Waals surface area contributed by atoms with Crippen LogP contribution in [0.4, 0.5) is 0 Å². The maximum Gasteiger partial charge on any atom is 0.333 e. The Labute approximate surface area is 116 Å². The van der Waals surface area contributed by atoms with Crippen molar-refractivity contribution in [1.82, 2.24) is 9.55 Å². The summed E-state index contributed by atoms with van der Waals surface area (Å²) < 4.78 is 1.12. The van der Waals surface area contributed by atoms with Crippen LogP contribution in [0.25, 0.3) is 5.69 Å². The van der Waals surface area contributed by atoms with Gasteiger partial charge in [0.1, 0.15) is 0 Å². The molecular weight excluding hydrogens is 254 g/mol. The molecule has 2 rings (SSSR count).